The summed E-state index contributed by atoms with van der Waals surface area (Å²) < 4.78 is 12.7. The van der Waals surface area contributed by atoms with Crippen molar-refractivity contribution in [1.29, 1.82) is 0 Å². The van der Waals surface area contributed by atoms with E-state index in [0.717, 1.165) is 40.1 Å². The molecule has 4 aliphatic rings. The second kappa shape index (κ2) is 9.19. The van der Waals surface area contributed by atoms with Crippen molar-refractivity contribution in [3.63, 3.8) is 0 Å². The van der Waals surface area contributed by atoms with Gasteiger partial charge in [0, 0.05) is 23.2 Å². The van der Waals surface area contributed by atoms with Crippen LogP contribution in [0.25, 0.3) is 0 Å². The predicted molar refractivity (Wildman–Crippen MR) is 133 cm³/mol. The Labute approximate surface area is 205 Å². The molecule has 0 unspecified atom stereocenters. The number of ether oxygens (including phenoxy) is 2. The molecule has 4 bridgehead atoms. The van der Waals surface area contributed by atoms with Crippen molar-refractivity contribution in [2.24, 2.45) is 23.2 Å². The number of hydrogen-bond donors (Lipinski definition) is 1. The topological polar surface area (TPSA) is 30.5 Å². The minimum absolute atomic E-state index is 0.398. The molecule has 3 nitrogen and oxygen atoms in total. The van der Waals surface area contributed by atoms with Gasteiger partial charge in [-0.15, -0.1) is 0 Å². The lowest BCUT2D eigenvalue weighted by Crippen LogP contribution is -2.54. The average Bonchev–Trinajstić information content (AvgIpc) is 2.76. The minimum atomic E-state index is 0.398. The summed E-state index contributed by atoms with van der Waals surface area (Å²) in [5, 5.41) is 4.59. The maximum atomic E-state index is 6.28. The molecule has 0 heterocycles. The third-order valence-corrected chi connectivity index (χ3v) is 9.19. The Kier molecular flexibility index (Phi) is 6.48. The zero-order valence-corrected chi connectivity index (χ0v) is 21.3. The SMILES string of the molecule is COc1cc(CN[C@H](C)C23CC4CC(CC(C4)C2)C3)cc(Br)c1OCc1ccccc1Cl. The summed E-state index contributed by atoms with van der Waals surface area (Å²) in [5.41, 5.74) is 2.67. The van der Waals surface area contributed by atoms with Crippen LogP contribution < -0.4 is 14.8 Å². The number of methoxy groups -OCH3 is 1. The number of benzene rings is 2. The molecule has 2 aromatic carbocycles. The largest absolute Gasteiger partial charge is 0.493 e. The molecule has 172 valence electrons. The van der Waals surface area contributed by atoms with Gasteiger partial charge in [-0.3, -0.25) is 0 Å². The second-order valence-electron chi connectivity index (χ2n) is 10.4. The Morgan fingerprint density at radius 1 is 1.09 bits per heavy atom. The fraction of sp³-hybridized carbons (Fsp3) is 0.556. The average molecular weight is 519 g/mol. The summed E-state index contributed by atoms with van der Waals surface area (Å²) in [6.07, 6.45) is 8.75. The Bertz CT molecular complexity index is 943. The van der Waals surface area contributed by atoms with Gasteiger partial charge in [0.05, 0.1) is 11.6 Å². The van der Waals surface area contributed by atoms with Crippen LogP contribution in [0.2, 0.25) is 5.02 Å². The molecule has 32 heavy (non-hydrogen) atoms. The van der Waals surface area contributed by atoms with Crippen LogP contribution in [0.15, 0.2) is 40.9 Å². The van der Waals surface area contributed by atoms with E-state index in [2.05, 4.69) is 40.3 Å². The Balaban J connectivity index is 1.25. The van der Waals surface area contributed by atoms with Gasteiger partial charge in [0.25, 0.3) is 0 Å². The third-order valence-electron chi connectivity index (χ3n) is 8.24. The van der Waals surface area contributed by atoms with E-state index in [0.29, 0.717) is 28.8 Å². The highest BCUT2D eigenvalue weighted by Crippen LogP contribution is 2.61. The van der Waals surface area contributed by atoms with E-state index in [-0.39, 0.29) is 0 Å². The Hall–Kier alpha value is -1.23. The summed E-state index contributed by atoms with van der Waals surface area (Å²) in [6.45, 7) is 3.65. The van der Waals surface area contributed by atoms with Crippen LogP contribution in [0.3, 0.4) is 0 Å². The van der Waals surface area contributed by atoms with E-state index in [1.165, 1.54) is 44.1 Å². The molecule has 4 aliphatic carbocycles. The van der Waals surface area contributed by atoms with Gasteiger partial charge >= 0.3 is 0 Å². The molecule has 0 radical (unpaired) electrons. The quantitative estimate of drug-likeness (QED) is 0.395. The predicted octanol–water partition coefficient (Wildman–Crippen LogP) is 7.38. The molecule has 1 atom stereocenters. The lowest BCUT2D eigenvalue weighted by molar-refractivity contribution is -0.0706. The van der Waals surface area contributed by atoms with Gasteiger partial charge in [0.15, 0.2) is 11.5 Å². The molecule has 0 aromatic heterocycles. The number of hydrogen-bond acceptors (Lipinski definition) is 3. The first-order valence-corrected chi connectivity index (χ1v) is 13.1. The molecule has 0 amide bonds. The highest BCUT2D eigenvalue weighted by atomic mass is 79.9. The zero-order chi connectivity index (χ0) is 22.3. The van der Waals surface area contributed by atoms with Crippen LogP contribution in [0, 0.1) is 23.2 Å². The van der Waals surface area contributed by atoms with Crippen LogP contribution in [0.1, 0.15) is 56.6 Å². The lowest BCUT2D eigenvalue weighted by Gasteiger charge is -2.59. The van der Waals surface area contributed by atoms with Crippen molar-refractivity contribution >= 4 is 27.5 Å². The molecule has 1 N–H and O–H groups in total. The van der Waals surface area contributed by atoms with Gasteiger partial charge in [0.2, 0.25) is 0 Å². The van der Waals surface area contributed by atoms with Crippen molar-refractivity contribution in [2.45, 2.75) is 64.6 Å². The van der Waals surface area contributed by atoms with Crippen molar-refractivity contribution in [3.05, 3.63) is 57.0 Å². The Morgan fingerprint density at radius 3 is 2.38 bits per heavy atom. The molecular weight excluding hydrogens is 486 g/mol. The standard InChI is InChI=1S/C27H33BrClNO2/c1-17(27-12-18-7-19(13-27)9-20(8-18)14-27)30-15-21-10-23(28)26(25(11-21)31-2)32-16-22-5-3-4-6-24(22)29/h3-6,10-11,17-20,30H,7-9,12-16H2,1-2H3/t17-,18?,19?,20?,27?/m1/s1. The van der Waals surface area contributed by atoms with E-state index in [9.17, 15) is 0 Å². The smallest absolute Gasteiger partial charge is 0.175 e. The first-order chi connectivity index (χ1) is 15.5. The molecule has 0 saturated heterocycles. The molecule has 0 spiro atoms. The van der Waals surface area contributed by atoms with Crippen molar-refractivity contribution in [2.75, 3.05) is 7.11 Å². The van der Waals surface area contributed by atoms with E-state index in [4.69, 9.17) is 21.1 Å². The molecule has 0 aliphatic heterocycles. The van der Waals surface area contributed by atoms with E-state index in [1.807, 2.05) is 24.3 Å². The Morgan fingerprint density at radius 2 is 1.75 bits per heavy atom. The summed E-state index contributed by atoms with van der Waals surface area (Å²) >= 11 is 9.98. The van der Waals surface area contributed by atoms with E-state index >= 15 is 0 Å². The fourth-order valence-electron chi connectivity index (χ4n) is 6.98. The zero-order valence-electron chi connectivity index (χ0n) is 19.0. The summed E-state index contributed by atoms with van der Waals surface area (Å²) in [6, 6.07) is 12.5. The monoisotopic (exact) mass is 517 g/mol. The molecule has 6 rings (SSSR count). The highest BCUT2D eigenvalue weighted by Gasteiger charge is 2.52. The maximum absolute atomic E-state index is 6.28. The lowest BCUT2D eigenvalue weighted by atomic mass is 9.48. The van der Waals surface area contributed by atoms with Crippen LogP contribution in [0.5, 0.6) is 11.5 Å². The molecule has 2 aromatic rings. The van der Waals surface area contributed by atoms with Crippen molar-refractivity contribution in [1.82, 2.24) is 5.32 Å². The van der Waals surface area contributed by atoms with Gasteiger partial charge in [0.1, 0.15) is 6.61 Å². The summed E-state index contributed by atoms with van der Waals surface area (Å²) in [4.78, 5) is 0. The first kappa shape index (κ1) is 22.6. The van der Waals surface area contributed by atoms with E-state index in [1.54, 1.807) is 7.11 Å². The normalized spacial score (nSPS) is 29.2. The van der Waals surface area contributed by atoms with E-state index < -0.39 is 0 Å². The summed E-state index contributed by atoms with van der Waals surface area (Å²) in [7, 11) is 1.69. The molecule has 5 heteroatoms. The van der Waals surface area contributed by atoms with Gasteiger partial charge in [-0.25, -0.2) is 0 Å². The molecule has 4 saturated carbocycles. The van der Waals surface area contributed by atoms with Crippen molar-refractivity contribution in [3.8, 4) is 11.5 Å². The fourth-order valence-corrected chi connectivity index (χ4v) is 7.77. The first-order valence-electron chi connectivity index (χ1n) is 11.9. The highest BCUT2D eigenvalue weighted by molar-refractivity contribution is 9.10. The van der Waals surface area contributed by atoms with Crippen LogP contribution in [0.4, 0.5) is 0 Å². The second-order valence-corrected chi connectivity index (χ2v) is 11.6. The number of nitrogens with one attached hydrogen (secondary N) is 1. The van der Waals surface area contributed by atoms with Crippen LogP contribution in [-0.4, -0.2) is 13.2 Å². The van der Waals surface area contributed by atoms with Gasteiger partial charge < -0.3 is 14.8 Å². The number of halogens is 2. The number of rotatable bonds is 8. The van der Waals surface area contributed by atoms with Gasteiger partial charge in [-0.2, -0.15) is 0 Å². The maximum Gasteiger partial charge on any atom is 0.175 e. The minimum Gasteiger partial charge on any atom is -0.493 e. The summed E-state index contributed by atoms with van der Waals surface area (Å²) in [5.74, 6) is 4.40. The van der Waals surface area contributed by atoms with Crippen molar-refractivity contribution < 1.29 is 9.47 Å². The third kappa shape index (κ3) is 4.43. The molecule has 4 fully saturated rings. The van der Waals surface area contributed by atoms with Crippen LogP contribution in [-0.2, 0) is 13.2 Å². The van der Waals surface area contributed by atoms with Crippen LogP contribution >= 0.6 is 27.5 Å². The van der Waals surface area contributed by atoms with Gasteiger partial charge in [-0.05, 0) is 108 Å². The van der Waals surface area contributed by atoms with Gasteiger partial charge in [-0.1, -0.05) is 29.8 Å². The molecular formula is C27H33BrClNO2.